The number of aromatic nitrogens is 1. The first kappa shape index (κ1) is 19.3. The quantitative estimate of drug-likeness (QED) is 0.355. The SMILES string of the molecule is CO/N=C(\C(=O)OC)c1ccccc1CCc1ccc(-c2ccncc2)cc1. The van der Waals surface area contributed by atoms with Crippen LogP contribution in [0, 0.1) is 0 Å². The van der Waals surface area contributed by atoms with Gasteiger partial charge in [0.25, 0.3) is 0 Å². The molecule has 0 radical (unpaired) electrons. The smallest absolute Gasteiger partial charge is 0.360 e. The fraction of sp³-hybridized carbons (Fsp3) is 0.174. The molecule has 0 spiro atoms. The van der Waals surface area contributed by atoms with Crippen molar-refractivity contribution in [1.82, 2.24) is 4.98 Å². The van der Waals surface area contributed by atoms with E-state index >= 15 is 0 Å². The molecule has 0 bridgehead atoms. The minimum atomic E-state index is -0.518. The summed E-state index contributed by atoms with van der Waals surface area (Å²) < 4.78 is 4.84. The molecule has 5 nitrogen and oxygen atoms in total. The minimum absolute atomic E-state index is 0.175. The molecule has 0 aliphatic rings. The van der Waals surface area contributed by atoms with Gasteiger partial charge < -0.3 is 9.57 Å². The van der Waals surface area contributed by atoms with Crippen molar-refractivity contribution in [3.63, 3.8) is 0 Å². The van der Waals surface area contributed by atoms with Crippen molar-refractivity contribution in [2.45, 2.75) is 12.8 Å². The largest absolute Gasteiger partial charge is 0.464 e. The van der Waals surface area contributed by atoms with E-state index in [4.69, 9.17) is 9.57 Å². The summed E-state index contributed by atoms with van der Waals surface area (Å²) in [6.45, 7) is 0. The Balaban J connectivity index is 1.76. The number of rotatable bonds is 7. The number of esters is 1. The molecule has 3 aromatic rings. The second-order valence-corrected chi connectivity index (χ2v) is 6.20. The Kier molecular flexibility index (Phi) is 6.52. The highest BCUT2D eigenvalue weighted by Gasteiger charge is 2.18. The summed E-state index contributed by atoms with van der Waals surface area (Å²) in [5.74, 6) is -0.518. The molecule has 0 atom stereocenters. The van der Waals surface area contributed by atoms with E-state index in [2.05, 4.69) is 34.4 Å². The molecule has 1 aromatic heterocycles. The van der Waals surface area contributed by atoms with Crippen LogP contribution in [0.3, 0.4) is 0 Å². The number of hydrogen-bond acceptors (Lipinski definition) is 5. The van der Waals surface area contributed by atoms with Crippen molar-refractivity contribution in [2.75, 3.05) is 14.2 Å². The Labute approximate surface area is 164 Å². The van der Waals surface area contributed by atoms with Gasteiger partial charge in [0.15, 0.2) is 5.71 Å². The van der Waals surface area contributed by atoms with Crippen molar-refractivity contribution < 1.29 is 14.4 Å². The number of oxime groups is 1. The Morgan fingerprint density at radius 2 is 1.57 bits per heavy atom. The number of nitrogens with zero attached hydrogens (tertiary/aromatic N) is 2. The van der Waals surface area contributed by atoms with Crippen molar-refractivity contribution in [3.05, 3.63) is 89.7 Å². The normalized spacial score (nSPS) is 11.1. The third-order valence-electron chi connectivity index (χ3n) is 4.48. The van der Waals surface area contributed by atoms with E-state index in [-0.39, 0.29) is 5.71 Å². The van der Waals surface area contributed by atoms with E-state index in [0.29, 0.717) is 0 Å². The van der Waals surface area contributed by atoms with Crippen molar-refractivity contribution >= 4 is 11.7 Å². The van der Waals surface area contributed by atoms with Crippen LogP contribution in [0.4, 0.5) is 0 Å². The van der Waals surface area contributed by atoms with E-state index in [0.717, 1.165) is 35.1 Å². The van der Waals surface area contributed by atoms with Gasteiger partial charge in [-0.1, -0.05) is 53.7 Å². The van der Waals surface area contributed by atoms with Crippen LogP contribution in [0.2, 0.25) is 0 Å². The van der Waals surface area contributed by atoms with E-state index in [1.165, 1.54) is 19.8 Å². The molecule has 0 aliphatic heterocycles. The van der Waals surface area contributed by atoms with Gasteiger partial charge in [-0.25, -0.2) is 4.79 Å². The predicted octanol–water partition coefficient (Wildman–Crippen LogP) is 4.06. The molecule has 0 fully saturated rings. The van der Waals surface area contributed by atoms with Crippen LogP contribution in [-0.2, 0) is 27.2 Å². The Bertz CT molecular complexity index is 951. The molecule has 0 saturated heterocycles. The summed E-state index contributed by atoms with van der Waals surface area (Å²) in [6, 6.07) is 20.1. The van der Waals surface area contributed by atoms with Crippen LogP contribution in [0.1, 0.15) is 16.7 Å². The highest BCUT2D eigenvalue weighted by atomic mass is 16.6. The first-order valence-corrected chi connectivity index (χ1v) is 9.00. The lowest BCUT2D eigenvalue weighted by atomic mass is 9.96. The summed E-state index contributed by atoms with van der Waals surface area (Å²) >= 11 is 0. The molecular formula is C23H22N2O3. The highest BCUT2D eigenvalue weighted by molar-refractivity contribution is 6.43. The number of benzene rings is 2. The van der Waals surface area contributed by atoms with Crippen molar-refractivity contribution in [2.24, 2.45) is 5.16 Å². The number of pyridine rings is 1. The number of carbonyl (C=O) groups excluding carboxylic acids is 1. The van der Waals surface area contributed by atoms with Gasteiger partial charge >= 0.3 is 5.97 Å². The fourth-order valence-electron chi connectivity index (χ4n) is 3.04. The second kappa shape index (κ2) is 9.46. The van der Waals surface area contributed by atoms with E-state index in [1.807, 2.05) is 36.4 Å². The van der Waals surface area contributed by atoms with Gasteiger partial charge in [0.2, 0.25) is 0 Å². The average molecular weight is 374 g/mol. The van der Waals surface area contributed by atoms with Crippen LogP contribution in [-0.4, -0.2) is 30.9 Å². The van der Waals surface area contributed by atoms with Crippen LogP contribution < -0.4 is 0 Å². The molecule has 0 N–H and O–H groups in total. The van der Waals surface area contributed by atoms with Crippen LogP contribution in [0.25, 0.3) is 11.1 Å². The standard InChI is InChI=1S/C23H22N2O3/c1-27-23(26)22(25-28-2)21-6-4-3-5-20(21)12-9-17-7-10-18(11-8-17)19-13-15-24-16-14-19/h3-8,10-11,13-16H,9,12H2,1-2H3/b25-22-. The Morgan fingerprint density at radius 3 is 2.25 bits per heavy atom. The number of carbonyl (C=O) groups is 1. The van der Waals surface area contributed by atoms with Gasteiger partial charge in [0.1, 0.15) is 7.11 Å². The lowest BCUT2D eigenvalue weighted by Gasteiger charge is -2.11. The van der Waals surface area contributed by atoms with E-state index in [9.17, 15) is 4.79 Å². The van der Waals surface area contributed by atoms with Crippen molar-refractivity contribution in [3.8, 4) is 11.1 Å². The number of ether oxygens (including phenoxy) is 1. The van der Waals surface area contributed by atoms with Crippen LogP contribution >= 0.6 is 0 Å². The molecule has 5 heteroatoms. The van der Waals surface area contributed by atoms with E-state index in [1.54, 1.807) is 12.4 Å². The fourth-order valence-corrected chi connectivity index (χ4v) is 3.04. The summed E-state index contributed by atoms with van der Waals surface area (Å²) in [5.41, 5.74) is 5.44. The van der Waals surface area contributed by atoms with Gasteiger partial charge in [-0.15, -0.1) is 0 Å². The van der Waals surface area contributed by atoms with Crippen LogP contribution in [0.5, 0.6) is 0 Å². The average Bonchev–Trinajstić information content (AvgIpc) is 2.77. The molecule has 3 rings (SSSR count). The molecule has 142 valence electrons. The Hall–Kier alpha value is -3.47. The number of aryl methyl sites for hydroxylation is 2. The van der Waals surface area contributed by atoms with Gasteiger partial charge in [0.05, 0.1) is 7.11 Å². The van der Waals surface area contributed by atoms with Crippen LogP contribution in [0.15, 0.2) is 78.2 Å². The third-order valence-corrected chi connectivity index (χ3v) is 4.48. The molecule has 28 heavy (non-hydrogen) atoms. The summed E-state index contributed by atoms with van der Waals surface area (Å²) in [5, 5.41) is 3.86. The molecule has 1 heterocycles. The molecule has 2 aromatic carbocycles. The second-order valence-electron chi connectivity index (χ2n) is 6.20. The van der Waals surface area contributed by atoms with Gasteiger partial charge in [0, 0.05) is 18.0 Å². The first-order chi connectivity index (χ1) is 13.7. The zero-order valence-corrected chi connectivity index (χ0v) is 16.0. The predicted molar refractivity (Wildman–Crippen MR) is 109 cm³/mol. The maximum atomic E-state index is 12.1. The zero-order valence-electron chi connectivity index (χ0n) is 16.0. The number of hydrogen-bond donors (Lipinski definition) is 0. The van der Waals surface area contributed by atoms with Gasteiger partial charge in [-0.3, -0.25) is 4.98 Å². The number of methoxy groups -OCH3 is 1. The maximum Gasteiger partial charge on any atom is 0.360 e. The molecule has 0 amide bonds. The summed E-state index contributed by atoms with van der Waals surface area (Å²) in [7, 11) is 2.75. The zero-order chi connectivity index (χ0) is 19.8. The van der Waals surface area contributed by atoms with Crippen molar-refractivity contribution in [1.29, 1.82) is 0 Å². The minimum Gasteiger partial charge on any atom is -0.464 e. The molecule has 0 aliphatic carbocycles. The lowest BCUT2D eigenvalue weighted by molar-refractivity contribution is -0.132. The van der Waals surface area contributed by atoms with E-state index < -0.39 is 5.97 Å². The summed E-state index contributed by atoms with van der Waals surface area (Å²) in [6.07, 6.45) is 5.20. The third kappa shape index (κ3) is 4.62. The molecule has 0 unspecified atom stereocenters. The highest BCUT2D eigenvalue weighted by Crippen LogP contribution is 2.20. The monoisotopic (exact) mass is 374 g/mol. The summed E-state index contributed by atoms with van der Waals surface area (Å²) in [4.78, 5) is 21.0. The molecule has 0 saturated carbocycles. The topological polar surface area (TPSA) is 60.8 Å². The maximum absolute atomic E-state index is 12.1. The lowest BCUT2D eigenvalue weighted by Crippen LogP contribution is -2.19. The first-order valence-electron chi connectivity index (χ1n) is 9.00. The van der Waals surface area contributed by atoms with Gasteiger partial charge in [-0.2, -0.15) is 0 Å². The Morgan fingerprint density at radius 1 is 0.893 bits per heavy atom. The van der Waals surface area contributed by atoms with Gasteiger partial charge in [-0.05, 0) is 47.2 Å². The molecular weight excluding hydrogens is 352 g/mol.